The minimum absolute atomic E-state index is 0.108. The van der Waals surface area contributed by atoms with E-state index in [-0.39, 0.29) is 16.9 Å². The molecule has 1 aromatic carbocycles. The molecule has 0 bridgehead atoms. The number of aryl methyl sites for hydroxylation is 1. The van der Waals surface area contributed by atoms with Gasteiger partial charge in [-0.25, -0.2) is 9.59 Å². The summed E-state index contributed by atoms with van der Waals surface area (Å²) in [6.45, 7) is 15.0. The van der Waals surface area contributed by atoms with E-state index in [1.165, 1.54) is 0 Å². The first-order valence-electron chi connectivity index (χ1n) is 12.6. The van der Waals surface area contributed by atoms with Gasteiger partial charge in [0.2, 0.25) is 0 Å². The van der Waals surface area contributed by atoms with Crippen LogP contribution in [0.5, 0.6) is 0 Å². The number of rotatable bonds is 5. The minimum Gasteiger partial charge on any atom is -0.478 e. The van der Waals surface area contributed by atoms with Gasteiger partial charge in [0, 0.05) is 23.2 Å². The van der Waals surface area contributed by atoms with Gasteiger partial charge in [0.05, 0.1) is 11.1 Å². The third kappa shape index (κ3) is 4.52. The van der Waals surface area contributed by atoms with E-state index >= 15 is 0 Å². The van der Waals surface area contributed by atoms with E-state index in [1.54, 1.807) is 4.90 Å². The van der Waals surface area contributed by atoms with Gasteiger partial charge in [-0.2, -0.15) is 0 Å². The fraction of sp³-hybridized carbons (Fsp3) is 0.586. The summed E-state index contributed by atoms with van der Waals surface area (Å²) in [6, 6.07) is 6.10. The fourth-order valence-electron chi connectivity index (χ4n) is 5.82. The van der Waals surface area contributed by atoms with Gasteiger partial charge >= 0.3 is 12.0 Å². The van der Waals surface area contributed by atoms with Crippen molar-refractivity contribution >= 4 is 23.6 Å². The molecule has 6 heteroatoms. The highest BCUT2D eigenvalue weighted by molar-refractivity contribution is 6.31. The fourth-order valence-corrected chi connectivity index (χ4v) is 6.10. The molecule has 0 aromatic heterocycles. The lowest BCUT2D eigenvalue weighted by molar-refractivity contribution is -0.133. The first kappa shape index (κ1) is 25.8. The third-order valence-corrected chi connectivity index (χ3v) is 8.83. The van der Waals surface area contributed by atoms with E-state index in [0.717, 1.165) is 59.4 Å². The van der Waals surface area contributed by atoms with Crippen LogP contribution in [-0.4, -0.2) is 27.5 Å². The first-order valence-corrected chi connectivity index (χ1v) is 13.0. The molecule has 2 N–H and O–H groups in total. The molecule has 0 saturated heterocycles. The summed E-state index contributed by atoms with van der Waals surface area (Å²) in [6.07, 6.45) is 6.94. The van der Waals surface area contributed by atoms with Gasteiger partial charge < -0.3 is 10.4 Å². The van der Waals surface area contributed by atoms with Crippen LogP contribution in [0.25, 0.3) is 0 Å². The van der Waals surface area contributed by atoms with Crippen molar-refractivity contribution in [1.29, 1.82) is 0 Å². The highest BCUT2D eigenvalue weighted by Crippen LogP contribution is 2.53. The predicted molar refractivity (Wildman–Crippen MR) is 140 cm³/mol. The van der Waals surface area contributed by atoms with Crippen molar-refractivity contribution < 1.29 is 14.7 Å². The summed E-state index contributed by atoms with van der Waals surface area (Å²) >= 11 is 6.79. The lowest BCUT2D eigenvalue weighted by atomic mass is 9.63. The van der Waals surface area contributed by atoms with Crippen molar-refractivity contribution in [2.45, 2.75) is 98.1 Å². The Morgan fingerprint density at radius 2 is 1.86 bits per heavy atom. The number of nitrogens with zero attached hydrogens (tertiary/aromatic N) is 1. The van der Waals surface area contributed by atoms with Crippen molar-refractivity contribution in [3.05, 3.63) is 57.3 Å². The van der Waals surface area contributed by atoms with Crippen molar-refractivity contribution in [3.63, 3.8) is 0 Å². The van der Waals surface area contributed by atoms with E-state index in [1.807, 2.05) is 26.1 Å². The number of urea groups is 1. The molecule has 1 saturated carbocycles. The SMILES string of the molecule is CC1=C(C(=O)O)CC1(C)N1C=C2CC(C)(C)CC[C@@]2(c2ccc(CCC(C)(C)C)c(Cl)c2)NC1=O. The monoisotopic (exact) mass is 498 g/mol. The molecule has 0 spiro atoms. The number of hydrogen-bond acceptors (Lipinski definition) is 2. The Morgan fingerprint density at radius 1 is 1.17 bits per heavy atom. The normalized spacial score (nSPS) is 28.2. The van der Waals surface area contributed by atoms with Crippen LogP contribution < -0.4 is 5.32 Å². The maximum absolute atomic E-state index is 13.6. The summed E-state index contributed by atoms with van der Waals surface area (Å²) < 4.78 is 0. The minimum atomic E-state index is -0.903. The summed E-state index contributed by atoms with van der Waals surface area (Å²) in [5.74, 6) is -0.903. The highest BCUT2D eigenvalue weighted by Gasteiger charge is 2.53. The number of hydrogen-bond donors (Lipinski definition) is 2. The Morgan fingerprint density at radius 3 is 2.43 bits per heavy atom. The van der Waals surface area contributed by atoms with Crippen LogP contribution in [0.4, 0.5) is 4.79 Å². The molecule has 35 heavy (non-hydrogen) atoms. The Hall–Kier alpha value is -2.27. The number of benzene rings is 1. The molecule has 2 aliphatic carbocycles. The molecule has 1 unspecified atom stereocenters. The molecular formula is C29H39ClN2O3. The number of carbonyl (C=O) groups excluding carboxylic acids is 1. The Kier molecular flexibility index (Phi) is 6.19. The van der Waals surface area contributed by atoms with Gasteiger partial charge in [-0.15, -0.1) is 0 Å². The second kappa shape index (κ2) is 8.40. The molecule has 2 atom stereocenters. The molecule has 0 radical (unpaired) electrons. The van der Waals surface area contributed by atoms with Gasteiger partial charge in [0.1, 0.15) is 0 Å². The van der Waals surface area contributed by atoms with Crippen molar-refractivity contribution in [2.75, 3.05) is 0 Å². The lowest BCUT2D eigenvalue weighted by Crippen LogP contribution is -2.64. The largest absolute Gasteiger partial charge is 0.478 e. The number of halogens is 1. The smallest absolute Gasteiger partial charge is 0.331 e. The van der Waals surface area contributed by atoms with E-state index in [4.69, 9.17) is 11.6 Å². The molecule has 2 amide bonds. The molecular weight excluding hydrogens is 460 g/mol. The second-order valence-electron chi connectivity index (χ2n) is 12.9. The van der Waals surface area contributed by atoms with Crippen molar-refractivity contribution in [1.82, 2.24) is 10.2 Å². The average molecular weight is 499 g/mol. The zero-order valence-corrected chi connectivity index (χ0v) is 22.9. The van der Waals surface area contributed by atoms with E-state index in [9.17, 15) is 14.7 Å². The van der Waals surface area contributed by atoms with Crippen LogP contribution in [-0.2, 0) is 16.8 Å². The molecule has 190 valence electrons. The first-order chi connectivity index (χ1) is 16.1. The topological polar surface area (TPSA) is 69.6 Å². The van der Waals surface area contributed by atoms with Gasteiger partial charge in [0.25, 0.3) is 0 Å². The highest BCUT2D eigenvalue weighted by atomic mass is 35.5. The summed E-state index contributed by atoms with van der Waals surface area (Å²) in [5, 5.41) is 13.6. The molecule has 1 fully saturated rings. The lowest BCUT2D eigenvalue weighted by Gasteiger charge is -2.55. The van der Waals surface area contributed by atoms with Gasteiger partial charge in [-0.3, -0.25) is 4.90 Å². The summed E-state index contributed by atoms with van der Waals surface area (Å²) in [7, 11) is 0. The van der Waals surface area contributed by atoms with Crippen molar-refractivity contribution in [3.8, 4) is 0 Å². The predicted octanol–water partition coefficient (Wildman–Crippen LogP) is 7.20. The molecule has 5 nitrogen and oxygen atoms in total. The average Bonchev–Trinajstić information content (AvgIpc) is 2.74. The van der Waals surface area contributed by atoms with Gasteiger partial charge in [0.15, 0.2) is 0 Å². The van der Waals surface area contributed by atoms with Crippen LogP contribution in [0.2, 0.25) is 5.02 Å². The molecule has 1 aromatic rings. The summed E-state index contributed by atoms with van der Waals surface area (Å²) in [5.41, 5.74) is 3.57. The Balaban J connectivity index is 1.73. The quantitative estimate of drug-likeness (QED) is 0.451. The number of aliphatic carboxylic acids is 1. The standard InChI is InChI=1S/C29H39ClN2O3/c1-18-22(24(33)34)16-28(18,7)32-17-21-15-27(5,6)12-13-29(21,31-25(32)35)20-9-8-19(23(30)14-20)10-11-26(2,3)4/h8-9,14,17H,10-13,15-16H2,1-7H3,(H,31,35)(H,33,34)/t28?,29-/m0/s1. The Labute approximate surface area is 214 Å². The zero-order chi connectivity index (χ0) is 26.0. The molecule has 4 rings (SSSR count). The number of amides is 2. The van der Waals surface area contributed by atoms with E-state index in [2.05, 4.69) is 52.1 Å². The second-order valence-corrected chi connectivity index (χ2v) is 13.3. The number of carboxylic acids is 1. The van der Waals surface area contributed by atoms with Gasteiger partial charge in [-0.05, 0) is 85.1 Å². The third-order valence-electron chi connectivity index (χ3n) is 8.48. The van der Waals surface area contributed by atoms with Crippen LogP contribution in [0.1, 0.15) is 91.7 Å². The number of fused-ring (bicyclic) bond motifs is 1. The van der Waals surface area contributed by atoms with Crippen LogP contribution in [0, 0.1) is 10.8 Å². The zero-order valence-electron chi connectivity index (χ0n) is 22.1. The van der Waals surface area contributed by atoms with E-state index in [0.29, 0.717) is 12.0 Å². The number of nitrogens with one attached hydrogen (secondary N) is 1. The number of carbonyl (C=O) groups is 2. The van der Waals surface area contributed by atoms with Crippen LogP contribution in [0.3, 0.4) is 0 Å². The van der Waals surface area contributed by atoms with E-state index < -0.39 is 17.0 Å². The van der Waals surface area contributed by atoms with Crippen LogP contribution in [0.15, 0.2) is 41.1 Å². The van der Waals surface area contributed by atoms with Crippen LogP contribution >= 0.6 is 11.6 Å². The van der Waals surface area contributed by atoms with Gasteiger partial charge in [-0.1, -0.05) is 58.4 Å². The molecule has 3 aliphatic rings. The van der Waals surface area contributed by atoms with Crippen molar-refractivity contribution in [2.24, 2.45) is 10.8 Å². The maximum Gasteiger partial charge on any atom is 0.331 e. The molecule has 1 aliphatic heterocycles. The Bertz CT molecular complexity index is 1140. The maximum atomic E-state index is 13.6. The summed E-state index contributed by atoms with van der Waals surface area (Å²) in [4.78, 5) is 26.9. The number of carboxylic acid groups (broad SMARTS) is 1. The molecule has 1 heterocycles.